The van der Waals surface area contributed by atoms with Crippen molar-refractivity contribution in [3.8, 4) is 17.2 Å². The second-order valence-electron chi connectivity index (χ2n) is 14.4. The molecule has 1 N–H and O–H groups in total. The van der Waals surface area contributed by atoms with E-state index in [4.69, 9.17) is 4.52 Å². The van der Waals surface area contributed by atoms with E-state index in [2.05, 4.69) is 70.8 Å². The highest BCUT2D eigenvalue weighted by Gasteiger charge is 2.46. The number of nitriles is 1. The van der Waals surface area contributed by atoms with Crippen LogP contribution in [-0.2, 0) is 15.0 Å². The lowest BCUT2D eigenvalue weighted by Gasteiger charge is -2.42. The summed E-state index contributed by atoms with van der Waals surface area (Å²) in [7, 11) is 0. The van der Waals surface area contributed by atoms with Crippen LogP contribution in [0.2, 0.25) is 0 Å². The first kappa shape index (κ1) is 33.3. The quantitative estimate of drug-likeness (QED) is 0.208. The number of aromatic nitrogens is 1. The number of imide groups is 2. The minimum Gasteiger partial charge on any atom is -0.368 e. The molecule has 1 atom stereocenters. The van der Waals surface area contributed by atoms with Crippen molar-refractivity contribution in [1.29, 1.82) is 5.26 Å². The summed E-state index contributed by atoms with van der Waals surface area (Å²) in [6, 6.07) is 18.5. The molecule has 1 aromatic heterocycles. The third kappa shape index (κ3) is 5.52. The Morgan fingerprint density at radius 2 is 1.71 bits per heavy atom. The minimum absolute atomic E-state index is 0.00936. The van der Waals surface area contributed by atoms with Crippen LogP contribution < -0.4 is 15.1 Å². The highest BCUT2D eigenvalue weighted by molar-refractivity contribution is 6.23. The van der Waals surface area contributed by atoms with Gasteiger partial charge in [-0.05, 0) is 99.4 Å². The molecular weight excluding hydrogens is 663 g/mol. The number of hydrogen-bond acceptors (Lipinski definition) is 9. The molecule has 1 unspecified atom stereocenters. The van der Waals surface area contributed by atoms with Gasteiger partial charge in [0.2, 0.25) is 11.8 Å². The van der Waals surface area contributed by atoms with Gasteiger partial charge in [-0.15, -0.1) is 0 Å². The minimum atomic E-state index is -1.11. The summed E-state index contributed by atoms with van der Waals surface area (Å²) in [6.45, 7) is 7.71. The van der Waals surface area contributed by atoms with Crippen molar-refractivity contribution in [1.82, 2.24) is 15.4 Å². The maximum Gasteiger partial charge on any atom is 0.262 e. The molecule has 1 saturated carbocycles. The van der Waals surface area contributed by atoms with Crippen LogP contribution in [0.1, 0.15) is 75.4 Å². The molecule has 3 aromatic carbocycles. The molecule has 264 valence electrons. The molecule has 2 saturated heterocycles. The molecule has 1 aliphatic carbocycles. The fourth-order valence-corrected chi connectivity index (χ4v) is 7.87. The number of rotatable bonds is 9. The molecule has 52 heavy (non-hydrogen) atoms. The summed E-state index contributed by atoms with van der Waals surface area (Å²) >= 11 is 0. The predicted octanol–water partition coefficient (Wildman–Crippen LogP) is 6.03. The van der Waals surface area contributed by atoms with Crippen LogP contribution in [0.5, 0.6) is 0 Å². The largest absolute Gasteiger partial charge is 0.368 e. The van der Waals surface area contributed by atoms with Crippen LogP contribution in [0, 0.1) is 43.8 Å². The number of fused-ring (bicyclic) bond motifs is 1. The summed E-state index contributed by atoms with van der Waals surface area (Å²) in [6.07, 6.45) is 2.58. The topological polar surface area (TPSA) is 140 Å². The van der Waals surface area contributed by atoms with E-state index < -0.39 is 35.5 Å². The predicted molar refractivity (Wildman–Crippen MR) is 190 cm³/mol. The monoisotopic (exact) mass is 700 g/mol. The normalized spacial score (nSPS) is 19.3. The molecule has 8 rings (SSSR count). The van der Waals surface area contributed by atoms with Crippen LogP contribution in [0.25, 0.3) is 11.1 Å². The molecule has 0 spiro atoms. The van der Waals surface area contributed by atoms with Gasteiger partial charge in [-0.25, -0.2) is 4.39 Å². The van der Waals surface area contributed by atoms with E-state index >= 15 is 4.39 Å². The summed E-state index contributed by atoms with van der Waals surface area (Å²) in [5, 5.41) is 16.1. The smallest absolute Gasteiger partial charge is 0.262 e. The lowest BCUT2D eigenvalue weighted by molar-refractivity contribution is -0.136. The van der Waals surface area contributed by atoms with Gasteiger partial charge in [0, 0.05) is 43.0 Å². The number of benzene rings is 3. The average Bonchev–Trinajstić information content (AvgIpc) is 3.79. The molecule has 12 heteroatoms. The first-order valence-corrected chi connectivity index (χ1v) is 17.6. The molecule has 3 fully saturated rings. The van der Waals surface area contributed by atoms with Gasteiger partial charge in [-0.1, -0.05) is 29.4 Å². The van der Waals surface area contributed by atoms with E-state index in [1.807, 2.05) is 18.7 Å². The Kier molecular flexibility index (Phi) is 7.97. The highest BCUT2D eigenvalue weighted by atomic mass is 19.1. The SMILES string of the molecule is Cc1ccc(-c2c(C)noc2C)cc1N(CCC1CN(c2cc3c(cc2F)C(=O)N(C2CCC(=O)NC2=O)C3=O)C1)c1ccc(C2(C#N)CC2)cc1. The number of carbonyl (C=O) groups is 4. The van der Waals surface area contributed by atoms with E-state index in [1.165, 1.54) is 6.07 Å². The number of piperidine rings is 1. The van der Waals surface area contributed by atoms with Crippen molar-refractivity contribution < 1.29 is 28.1 Å². The van der Waals surface area contributed by atoms with Gasteiger partial charge in [0.25, 0.3) is 11.8 Å². The number of carbonyl (C=O) groups excluding carboxylic acids is 4. The molecule has 4 heterocycles. The zero-order valence-corrected chi connectivity index (χ0v) is 29.2. The number of nitrogens with zero attached hydrogens (tertiary/aromatic N) is 5. The van der Waals surface area contributed by atoms with E-state index in [0.29, 0.717) is 19.6 Å². The van der Waals surface area contributed by atoms with Crippen molar-refractivity contribution in [2.24, 2.45) is 5.92 Å². The second-order valence-corrected chi connectivity index (χ2v) is 14.4. The molecule has 11 nitrogen and oxygen atoms in total. The Morgan fingerprint density at radius 1 is 1.00 bits per heavy atom. The number of nitrogens with one attached hydrogen (secondary N) is 1. The zero-order chi connectivity index (χ0) is 36.5. The van der Waals surface area contributed by atoms with Crippen LogP contribution in [0.4, 0.5) is 21.5 Å². The third-order valence-corrected chi connectivity index (χ3v) is 11.1. The van der Waals surface area contributed by atoms with Crippen molar-refractivity contribution in [2.75, 3.05) is 29.4 Å². The van der Waals surface area contributed by atoms with Crippen LogP contribution in [0.3, 0.4) is 0 Å². The van der Waals surface area contributed by atoms with E-state index in [9.17, 15) is 24.4 Å². The standard InChI is InChI=1S/C40H37FN6O5/c1-22-4-5-26(36-23(2)44-52-24(36)3)16-33(22)46(28-8-6-27(7-9-28)40(21-42)13-14-40)15-12-25-19-45(20-25)34-18-30-29(17-31(34)41)38(50)47(39(30)51)32-10-11-35(48)43-37(32)49/h4-9,16-18,25,32H,10-15,19-20H2,1-3H3,(H,43,48,49). The average molecular weight is 701 g/mol. The molecule has 0 bridgehead atoms. The molecule has 3 aliphatic heterocycles. The number of anilines is 3. The Balaban J connectivity index is 1.01. The summed E-state index contributed by atoms with van der Waals surface area (Å²) < 4.78 is 21.0. The zero-order valence-electron chi connectivity index (χ0n) is 29.2. The number of hydrogen-bond donors (Lipinski definition) is 1. The molecule has 4 aliphatic rings. The van der Waals surface area contributed by atoms with Gasteiger partial charge in [-0.3, -0.25) is 29.4 Å². The maximum absolute atomic E-state index is 15.5. The second kappa shape index (κ2) is 12.4. The number of amides is 4. The van der Waals surface area contributed by atoms with Gasteiger partial charge in [0.15, 0.2) is 0 Å². The van der Waals surface area contributed by atoms with Crippen LogP contribution in [-0.4, -0.2) is 59.4 Å². The van der Waals surface area contributed by atoms with Gasteiger partial charge >= 0.3 is 0 Å². The first-order valence-electron chi connectivity index (χ1n) is 17.6. The highest BCUT2D eigenvalue weighted by Crippen LogP contribution is 2.48. The Morgan fingerprint density at radius 3 is 2.35 bits per heavy atom. The van der Waals surface area contributed by atoms with Crippen molar-refractivity contribution in [2.45, 2.75) is 64.3 Å². The summed E-state index contributed by atoms with van der Waals surface area (Å²) in [5.74, 6) is -2.19. The third-order valence-electron chi connectivity index (χ3n) is 11.1. The van der Waals surface area contributed by atoms with Gasteiger partial charge in [0.1, 0.15) is 17.6 Å². The lowest BCUT2D eigenvalue weighted by Crippen LogP contribution is -2.54. The van der Waals surface area contributed by atoms with Crippen LogP contribution >= 0.6 is 0 Å². The van der Waals surface area contributed by atoms with Crippen molar-refractivity contribution in [3.63, 3.8) is 0 Å². The van der Waals surface area contributed by atoms with E-state index in [0.717, 1.165) is 75.3 Å². The molecule has 4 amide bonds. The maximum atomic E-state index is 15.5. The van der Waals surface area contributed by atoms with Gasteiger partial charge in [-0.2, -0.15) is 5.26 Å². The summed E-state index contributed by atoms with van der Waals surface area (Å²) in [4.78, 5) is 55.6. The first-order chi connectivity index (χ1) is 25.0. The Hall–Kier alpha value is -5.83. The van der Waals surface area contributed by atoms with Gasteiger partial charge in [0.05, 0.1) is 34.0 Å². The molecule has 4 aromatic rings. The number of halogens is 1. The van der Waals surface area contributed by atoms with Crippen molar-refractivity contribution in [3.05, 3.63) is 94.1 Å². The van der Waals surface area contributed by atoms with E-state index in [1.54, 1.807) is 0 Å². The number of aryl methyl sites for hydroxylation is 3. The van der Waals surface area contributed by atoms with E-state index in [-0.39, 0.29) is 41.0 Å². The molecular formula is C40H37FN6O5. The van der Waals surface area contributed by atoms with Crippen molar-refractivity contribution >= 4 is 40.7 Å². The van der Waals surface area contributed by atoms with Crippen LogP contribution in [0.15, 0.2) is 59.1 Å². The Bertz CT molecular complexity index is 2190. The fourth-order valence-electron chi connectivity index (χ4n) is 7.87. The molecule has 0 radical (unpaired) electrons. The lowest BCUT2D eigenvalue weighted by atomic mass is 9.93. The fraction of sp³-hybridized carbons (Fsp3) is 0.350. The summed E-state index contributed by atoms with van der Waals surface area (Å²) in [5.41, 5.74) is 6.79. The Labute approximate surface area is 300 Å². The van der Waals surface area contributed by atoms with Gasteiger partial charge < -0.3 is 14.3 Å².